The first-order valence-corrected chi connectivity index (χ1v) is 9.44. The van der Waals surface area contributed by atoms with Crippen molar-refractivity contribution in [2.75, 3.05) is 37.6 Å². The molecule has 0 spiro atoms. The van der Waals surface area contributed by atoms with Gasteiger partial charge in [-0.1, -0.05) is 11.6 Å². The molecule has 1 fully saturated rings. The standard InChI is InChI=1S/C21H22N4O3/c1-15-2-3-17-18(14-15)21(28)25(20(17)27)9-6-19(26)24-12-10-23(11-13-24)16-4-7-22-8-5-16/h2-5,7-8,14H,6,9-13H2,1H3. The zero-order chi connectivity index (χ0) is 19.7. The first kappa shape index (κ1) is 18.2. The van der Waals surface area contributed by atoms with Gasteiger partial charge in [0.25, 0.3) is 11.8 Å². The number of carbonyl (C=O) groups excluding carboxylic acids is 3. The van der Waals surface area contributed by atoms with Crippen molar-refractivity contribution < 1.29 is 14.4 Å². The highest BCUT2D eigenvalue weighted by Crippen LogP contribution is 2.24. The lowest BCUT2D eigenvalue weighted by atomic mass is 10.1. The van der Waals surface area contributed by atoms with Crippen LogP contribution in [0.25, 0.3) is 0 Å². The molecule has 7 heteroatoms. The fourth-order valence-electron chi connectivity index (χ4n) is 3.74. The second kappa shape index (κ2) is 7.42. The van der Waals surface area contributed by atoms with Gasteiger partial charge in [-0.05, 0) is 31.2 Å². The van der Waals surface area contributed by atoms with E-state index >= 15 is 0 Å². The molecular formula is C21H22N4O3. The first-order chi connectivity index (χ1) is 13.5. The van der Waals surface area contributed by atoms with Crippen molar-refractivity contribution in [3.8, 4) is 0 Å². The molecular weight excluding hydrogens is 356 g/mol. The first-order valence-electron chi connectivity index (χ1n) is 9.44. The predicted molar refractivity (Wildman–Crippen MR) is 104 cm³/mol. The Hall–Kier alpha value is -3.22. The Balaban J connectivity index is 1.32. The molecule has 0 radical (unpaired) electrons. The summed E-state index contributed by atoms with van der Waals surface area (Å²) in [6.45, 7) is 4.76. The predicted octanol–water partition coefficient (Wildman–Crippen LogP) is 1.72. The van der Waals surface area contributed by atoms with E-state index in [0.29, 0.717) is 24.2 Å². The second-order valence-corrected chi connectivity index (χ2v) is 7.13. The van der Waals surface area contributed by atoms with Gasteiger partial charge >= 0.3 is 0 Å². The summed E-state index contributed by atoms with van der Waals surface area (Å²) < 4.78 is 0. The monoisotopic (exact) mass is 378 g/mol. The molecule has 0 unspecified atom stereocenters. The summed E-state index contributed by atoms with van der Waals surface area (Å²) in [6, 6.07) is 9.16. The quantitative estimate of drug-likeness (QED) is 0.758. The van der Waals surface area contributed by atoms with Crippen LogP contribution in [-0.2, 0) is 4.79 Å². The van der Waals surface area contributed by atoms with E-state index in [9.17, 15) is 14.4 Å². The highest BCUT2D eigenvalue weighted by Gasteiger charge is 2.35. The molecule has 1 saturated heterocycles. The summed E-state index contributed by atoms with van der Waals surface area (Å²) in [4.78, 5) is 46.8. The third kappa shape index (κ3) is 3.35. The van der Waals surface area contributed by atoms with Gasteiger partial charge in [-0.2, -0.15) is 0 Å². The van der Waals surface area contributed by atoms with Gasteiger partial charge in [0.1, 0.15) is 0 Å². The number of hydrogen-bond donors (Lipinski definition) is 0. The largest absolute Gasteiger partial charge is 0.368 e. The minimum absolute atomic E-state index is 0.0258. The maximum atomic E-state index is 12.6. The maximum absolute atomic E-state index is 12.6. The molecule has 2 aliphatic heterocycles. The summed E-state index contributed by atoms with van der Waals surface area (Å²) in [7, 11) is 0. The number of aryl methyl sites for hydroxylation is 1. The number of hydrogen-bond acceptors (Lipinski definition) is 5. The van der Waals surface area contributed by atoms with Crippen molar-refractivity contribution in [3.05, 3.63) is 59.4 Å². The van der Waals surface area contributed by atoms with E-state index in [1.54, 1.807) is 29.4 Å². The smallest absolute Gasteiger partial charge is 0.261 e. The summed E-state index contributed by atoms with van der Waals surface area (Å²) in [6.07, 6.45) is 3.67. The van der Waals surface area contributed by atoms with E-state index in [1.165, 1.54) is 4.90 Å². The molecule has 1 aromatic carbocycles. The third-order valence-corrected chi connectivity index (χ3v) is 5.34. The molecule has 144 valence electrons. The number of imide groups is 1. The Labute approximate surface area is 163 Å². The van der Waals surface area contributed by atoms with Crippen LogP contribution in [0, 0.1) is 6.92 Å². The Kier molecular flexibility index (Phi) is 4.81. The lowest BCUT2D eigenvalue weighted by molar-refractivity contribution is -0.131. The summed E-state index contributed by atoms with van der Waals surface area (Å²) >= 11 is 0. The van der Waals surface area contributed by atoms with Gasteiger partial charge in [-0.25, -0.2) is 0 Å². The van der Waals surface area contributed by atoms with Gasteiger partial charge in [0, 0.05) is 57.2 Å². The van der Waals surface area contributed by atoms with Crippen molar-refractivity contribution in [1.82, 2.24) is 14.8 Å². The zero-order valence-electron chi connectivity index (χ0n) is 15.8. The zero-order valence-corrected chi connectivity index (χ0v) is 15.8. The van der Waals surface area contributed by atoms with Gasteiger partial charge in [-0.15, -0.1) is 0 Å². The van der Waals surface area contributed by atoms with Crippen LogP contribution < -0.4 is 4.90 Å². The summed E-state index contributed by atoms with van der Waals surface area (Å²) in [5.74, 6) is -0.642. The molecule has 28 heavy (non-hydrogen) atoms. The van der Waals surface area contributed by atoms with Crippen LogP contribution in [-0.4, -0.2) is 65.2 Å². The van der Waals surface area contributed by atoms with E-state index in [1.807, 2.05) is 25.1 Å². The number of pyridine rings is 1. The minimum atomic E-state index is -0.310. The van der Waals surface area contributed by atoms with Crippen LogP contribution in [0.2, 0.25) is 0 Å². The second-order valence-electron chi connectivity index (χ2n) is 7.13. The molecule has 1 aromatic heterocycles. The molecule has 3 heterocycles. The van der Waals surface area contributed by atoms with Crippen LogP contribution in [0.1, 0.15) is 32.7 Å². The normalized spacial score (nSPS) is 16.5. The number of piperazine rings is 1. The molecule has 0 saturated carbocycles. The van der Waals surface area contributed by atoms with Gasteiger partial charge in [0.2, 0.25) is 5.91 Å². The average molecular weight is 378 g/mol. The lowest BCUT2D eigenvalue weighted by Crippen LogP contribution is -2.49. The number of fused-ring (bicyclic) bond motifs is 1. The van der Waals surface area contributed by atoms with Crippen LogP contribution in [0.5, 0.6) is 0 Å². The molecule has 2 aromatic rings. The Bertz CT molecular complexity index is 921. The van der Waals surface area contributed by atoms with E-state index < -0.39 is 0 Å². The van der Waals surface area contributed by atoms with Crippen molar-refractivity contribution in [2.24, 2.45) is 0 Å². The highest BCUT2D eigenvalue weighted by atomic mass is 16.2. The van der Waals surface area contributed by atoms with Gasteiger partial charge in [-0.3, -0.25) is 24.3 Å². The van der Waals surface area contributed by atoms with E-state index in [-0.39, 0.29) is 30.7 Å². The number of amides is 3. The lowest BCUT2D eigenvalue weighted by Gasteiger charge is -2.36. The van der Waals surface area contributed by atoms with Crippen molar-refractivity contribution in [2.45, 2.75) is 13.3 Å². The fourth-order valence-corrected chi connectivity index (χ4v) is 3.74. The van der Waals surface area contributed by atoms with Crippen LogP contribution in [0.15, 0.2) is 42.7 Å². The van der Waals surface area contributed by atoms with Crippen molar-refractivity contribution in [3.63, 3.8) is 0 Å². The number of nitrogens with zero attached hydrogens (tertiary/aromatic N) is 4. The van der Waals surface area contributed by atoms with E-state index in [0.717, 1.165) is 24.3 Å². The van der Waals surface area contributed by atoms with Crippen LogP contribution in [0.4, 0.5) is 5.69 Å². The molecule has 3 amide bonds. The topological polar surface area (TPSA) is 73.8 Å². The van der Waals surface area contributed by atoms with E-state index in [4.69, 9.17) is 0 Å². The summed E-state index contributed by atoms with van der Waals surface area (Å²) in [5, 5.41) is 0. The Morgan fingerprint density at radius 1 is 0.964 bits per heavy atom. The molecule has 2 aliphatic rings. The SMILES string of the molecule is Cc1ccc2c(c1)C(=O)N(CCC(=O)N1CCN(c3ccncc3)CC1)C2=O. The molecule has 7 nitrogen and oxygen atoms in total. The minimum Gasteiger partial charge on any atom is -0.368 e. The molecule has 0 N–H and O–H groups in total. The Morgan fingerprint density at radius 2 is 1.64 bits per heavy atom. The maximum Gasteiger partial charge on any atom is 0.261 e. The van der Waals surface area contributed by atoms with E-state index in [2.05, 4.69) is 9.88 Å². The molecule has 4 rings (SSSR count). The highest BCUT2D eigenvalue weighted by molar-refractivity contribution is 6.21. The number of carbonyl (C=O) groups is 3. The van der Waals surface area contributed by atoms with Gasteiger partial charge < -0.3 is 9.80 Å². The number of rotatable bonds is 4. The van der Waals surface area contributed by atoms with Crippen LogP contribution in [0.3, 0.4) is 0 Å². The van der Waals surface area contributed by atoms with Crippen LogP contribution >= 0.6 is 0 Å². The molecule has 0 aliphatic carbocycles. The third-order valence-electron chi connectivity index (χ3n) is 5.34. The molecule has 0 atom stereocenters. The fraction of sp³-hybridized carbons (Fsp3) is 0.333. The van der Waals surface area contributed by atoms with Gasteiger partial charge in [0.05, 0.1) is 11.1 Å². The number of anilines is 1. The Morgan fingerprint density at radius 3 is 2.36 bits per heavy atom. The van der Waals surface area contributed by atoms with Crippen molar-refractivity contribution >= 4 is 23.4 Å². The average Bonchev–Trinajstić information content (AvgIpc) is 2.96. The van der Waals surface area contributed by atoms with Gasteiger partial charge in [0.15, 0.2) is 0 Å². The number of aromatic nitrogens is 1. The number of benzene rings is 1. The van der Waals surface area contributed by atoms with Crippen molar-refractivity contribution in [1.29, 1.82) is 0 Å². The summed E-state index contributed by atoms with van der Waals surface area (Å²) in [5.41, 5.74) is 2.89. The molecule has 0 bridgehead atoms.